The minimum Gasteiger partial charge on any atom is -0.497 e. The summed E-state index contributed by atoms with van der Waals surface area (Å²) in [6.45, 7) is 3.03. The first-order valence-electron chi connectivity index (χ1n) is 9.38. The fourth-order valence-corrected chi connectivity index (χ4v) is 3.37. The van der Waals surface area contributed by atoms with Crippen LogP contribution in [0.3, 0.4) is 0 Å². The standard InChI is InChI=1S/C22H21N3O4/c1-28-19-8-9-21-20(15-19)22(24-10-12-29-13-11-24)14-17(23-21)5-2-16-3-6-18(7-4-16)25(26)27/h2-9,14-15H,10-13H2,1H3/b5-2+. The van der Waals surface area contributed by atoms with E-state index in [0.29, 0.717) is 13.2 Å². The molecule has 0 aliphatic carbocycles. The lowest BCUT2D eigenvalue weighted by atomic mass is 10.1. The van der Waals surface area contributed by atoms with Crippen molar-refractivity contribution in [2.24, 2.45) is 0 Å². The Bertz CT molecular complexity index is 1060. The van der Waals surface area contributed by atoms with Gasteiger partial charge in [0, 0.05) is 36.3 Å². The Morgan fingerprint density at radius 1 is 1.10 bits per heavy atom. The topological polar surface area (TPSA) is 77.7 Å². The molecular weight excluding hydrogens is 370 g/mol. The molecule has 0 unspecified atom stereocenters. The number of fused-ring (bicyclic) bond motifs is 1. The number of methoxy groups -OCH3 is 1. The van der Waals surface area contributed by atoms with Crippen molar-refractivity contribution in [2.75, 3.05) is 38.3 Å². The fraction of sp³-hybridized carbons (Fsp3) is 0.227. The molecule has 148 valence electrons. The lowest BCUT2D eigenvalue weighted by Crippen LogP contribution is -2.36. The lowest BCUT2D eigenvalue weighted by molar-refractivity contribution is -0.384. The molecule has 7 nitrogen and oxygen atoms in total. The molecule has 0 spiro atoms. The molecule has 1 saturated heterocycles. The molecule has 1 aliphatic heterocycles. The maximum Gasteiger partial charge on any atom is 0.269 e. The van der Waals surface area contributed by atoms with Crippen LogP contribution in [0.1, 0.15) is 11.3 Å². The number of hydrogen-bond donors (Lipinski definition) is 0. The van der Waals surface area contributed by atoms with Gasteiger partial charge in [-0.3, -0.25) is 10.1 Å². The highest BCUT2D eigenvalue weighted by Gasteiger charge is 2.16. The number of morpholine rings is 1. The molecule has 0 amide bonds. The van der Waals surface area contributed by atoms with Gasteiger partial charge in [0.2, 0.25) is 0 Å². The molecule has 0 N–H and O–H groups in total. The number of pyridine rings is 1. The molecule has 3 aromatic rings. The maximum absolute atomic E-state index is 10.8. The van der Waals surface area contributed by atoms with E-state index in [0.717, 1.165) is 46.7 Å². The largest absolute Gasteiger partial charge is 0.497 e. The molecule has 0 atom stereocenters. The number of aromatic nitrogens is 1. The monoisotopic (exact) mass is 391 g/mol. The lowest BCUT2D eigenvalue weighted by Gasteiger charge is -2.30. The number of non-ortho nitro benzene ring substituents is 1. The minimum atomic E-state index is -0.402. The van der Waals surface area contributed by atoms with E-state index in [1.807, 2.05) is 30.4 Å². The number of nitro groups is 1. The first kappa shape index (κ1) is 18.9. The van der Waals surface area contributed by atoms with E-state index in [1.54, 1.807) is 19.2 Å². The van der Waals surface area contributed by atoms with Gasteiger partial charge in [-0.05, 0) is 48.0 Å². The molecular formula is C22H21N3O4. The van der Waals surface area contributed by atoms with Crippen LogP contribution < -0.4 is 9.64 Å². The van der Waals surface area contributed by atoms with E-state index in [-0.39, 0.29) is 5.69 Å². The van der Waals surface area contributed by atoms with Gasteiger partial charge in [-0.1, -0.05) is 6.08 Å². The number of rotatable bonds is 5. The second-order valence-electron chi connectivity index (χ2n) is 6.73. The van der Waals surface area contributed by atoms with Crippen molar-refractivity contribution in [3.8, 4) is 5.75 Å². The van der Waals surface area contributed by atoms with Crippen LogP contribution in [-0.2, 0) is 4.74 Å². The van der Waals surface area contributed by atoms with E-state index in [4.69, 9.17) is 14.5 Å². The summed E-state index contributed by atoms with van der Waals surface area (Å²) in [5.74, 6) is 0.794. The summed E-state index contributed by atoms with van der Waals surface area (Å²) in [6, 6.07) is 14.4. The van der Waals surface area contributed by atoms with Gasteiger partial charge in [0.25, 0.3) is 5.69 Å². The second kappa shape index (κ2) is 8.28. The quantitative estimate of drug-likeness (QED) is 0.480. The van der Waals surface area contributed by atoms with Gasteiger partial charge in [-0.2, -0.15) is 0 Å². The third-order valence-electron chi connectivity index (χ3n) is 4.92. The van der Waals surface area contributed by atoms with Crippen LogP contribution in [-0.4, -0.2) is 43.3 Å². The zero-order valence-electron chi connectivity index (χ0n) is 16.1. The number of benzene rings is 2. The Hall–Kier alpha value is -3.45. The highest BCUT2D eigenvalue weighted by atomic mass is 16.6. The Morgan fingerprint density at radius 2 is 1.86 bits per heavy atom. The van der Waals surface area contributed by atoms with Gasteiger partial charge >= 0.3 is 0 Å². The highest BCUT2D eigenvalue weighted by Crippen LogP contribution is 2.31. The van der Waals surface area contributed by atoms with Gasteiger partial charge in [0.05, 0.1) is 36.5 Å². The summed E-state index contributed by atoms with van der Waals surface area (Å²) in [7, 11) is 1.66. The normalized spacial score (nSPS) is 14.4. The molecule has 29 heavy (non-hydrogen) atoms. The molecule has 1 fully saturated rings. The van der Waals surface area contributed by atoms with E-state index in [9.17, 15) is 10.1 Å². The van der Waals surface area contributed by atoms with E-state index in [2.05, 4.69) is 11.0 Å². The van der Waals surface area contributed by atoms with Crippen molar-refractivity contribution in [1.82, 2.24) is 4.98 Å². The molecule has 2 aromatic carbocycles. The maximum atomic E-state index is 10.8. The van der Waals surface area contributed by atoms with Gasteiger partial charge in [-0.15, -0.1) is 0 Å². The molecule has 0 bridgehead atoms. The van der Waals surface area contributed by atoms with Crippen molar-refractivity contribution < 1.29 is 14.4 Å². The number of hydrogen-bond acceptors (Lipinski definition) is 6. The molecule has 7 heteroatoms. The van der Waals surface area contributed by atoms with Crippen molar-refractivity contribution in [1.29, 1.82) is 0 Å². The molecule has 0 saturated carbocycles. The predicted molar refractivity (Wildman–Crippen MR) is 113 cm³/mol. The molecule has 0 radical (unpaired) electrons. The smallest absolute Gasteiger partial charge is 0.269 e. The van der Waals surface area contributed by atoms with Crippen LogP contribution in [0.15, 0.2) is 48.5 Å². The van der Waals surface area contributed by atoms with E-state index in [1.165, 1.54) is 12.1 Å². The van der Waals surface area contributed by atoms with Crippen LogP contribution in [0.2, 0.25) is 0 Å². The first-order chi connectivity index (χ1) is 14.1. The van der Waals surface area contributed by atoms with Crippen molar-refractivity contribution in [3.63, 3.8) is 0 Å². The summed E-state index contributed by atoms with van der Waals surface area (Å²) < 4.78 is 10.9. The number of nitrogens with zero attached hydrogens (tertiary/aromatic N) is 3. The van der Waals surface area contributed by atoms with Crippen molar-refractivity contribution in [3.05, 3.63) is 69.9 Å². The third-order valence-corrected chi connectivity index (χ3v) is 4.92. The number of nitro benzene ring substituents is 1. The zero-order valence-corrected chi connectivity index (χ0v) is 16.1. The van der Waals surface area contributed by atoms with Gasteiger partial charge in [-0.25, -0.2) is 4.98 Å². The summed E-state index contributed by atoms with van der Waals surface area (Å²) in [5, 5.41) is 11.8. The third kappa shape index (κ3) is 4.20. The number of anilines is 1. The number of ether oxygens (including phenoxy) is 2. The van der Waals surface area contributed by atoms with Crippen LogP contribution >= 0.6 is 0 Å². The highest BCUT2D eigenvalue weighted by molar-refractivity contribution is 5.94. The molecule has 1 aliphatic rings. The van der Waals surface area contributed by atoms with Crippen LogP contribution in [0.4, 0.5) is 11.4 Å². The summed E-state index contributed by atoms with van der Waals surface area (Å²) in [4.78, 5) is 17.5. The average molecular weight is 391 g/mol. The van der Waals surface area contributed by atoms with Gasteiger partial charge in [0.15, 0.2) is 0 Å². The Kier molecular flexibility index (Phi) is 5.39. The average Bonchev–Trinajstić information content (AvgIpc) is 2.77. The fourth-order valence-electron chi connectivity index (χ4n) is 3.37. The molecule has 1 aromatic heterocycles. The van der Waals surface area contributed by atoms with E-state index >= 15 is 0 Å². The van der Waals surface area contributed by atoms with Crippen LogP contribution in [0.5, 0.6) is 5.75 Å². The first-order valence-corrected chi connectivity index (χ1v) is 9.38. The van der Waals surface area contributed by atoms with E-state index < -0.39 is 4.92 Å². The Balaban J connectivity index is 1.71. The summed E-state index contributed by atoms with van der Waals surface area (Å²) in [6.07, 6.45) is 3.83. The van der Waals surface area contributed by atoms with Gasteiger partial charge in [0.1, 0.15) is 5.75 Å². The van der Waals surface area contributed by atoms with Crippen molar-refractivity contribution in [2.45, 2.75) is 0 Å². The minimum absolute atomic E-state index is 0.0783. The van der Waals surface area contributed by atoms with Gasteiger partial charge < -0.3 is 14.4 Å². The van der Waals surface area contributed by atoms with Crippen LogP contribution in [0, 0.1) is 10.1 Å². The summed E-state index contributed by atoms with van der Waals surface area (Å²) in [5.41, 5.74) is 3.76. The molecule has 2 heterocycles. The predicted octanol–water partition coefficient (Wildman–Crippen LogP) is 4.16. The SMILES string of the molecule is COc1ccc2nc(/C=C/c3ccc([N+](=O)[O-])cc3)cc(N3CCOCC3)c2c1. The Morgan fingerprint density at radius 3 is 2.55 bits per heavy atom. The van der Waals surface area contributed by atoms with Crippen LogP contribution in [0.25, 0.3) is 23.1 Å². The second-order valence-corrected chi connectivity index (χ2v) is 6.73. The molecule has 4 rings (SSSR count). The zero-order chi connectivity index (χ0) is 20.2. The van der Waals surface area contributed by atoms with Crippen molar-refractivity contribution >= 4 is 34.4 Å². The summed E-state index contributed by atoms with van der Waals surface area (Å²) >= 11 is 0. The Labute approximate surface area is 168 Å².